The number of hydrogen-bond acceptors (Lipinski definition) is 4. The van der Waals surface area contributed by atoms with Crippen molar-refractivity contribution >= 4 is 28.0 Å². The second-order valence-corrected chi connectivity index (χ2v) is 9.63. The molecule has 1 aromatic heterocycles. The van der Waals surface area contributed by atoms with E-state index in [9.17, 15) is 14.7 Å². The van der Waals surface area contributed by atoms with E-state index in [1.54, 1.807) is 18.5 Å². The number of ether oxygens (including phenoxy) is 1. The third-order valence-corrected chi connectivity index (χ3v) is 7.09. The minimum Gasteiger partial charge on any atom is -0.479 e. The number of aryl methyl sites for hydroxylation is 1. The number of aromatic nitrogens is 2. The molecular weight excluding hydrogens is 522 g/mol. The Hall–Kier alpha value is -3.91. The smallest absolute Gasteiger partial charge is 0.408 e. The normalized spacial score (nSPS) is 13.1. The van der Waals surface area contributed by atoms with Gasteiger partial charge in [-0.05, 0) is 60.4 Å². The molecule has 1 unspecified atom stereocenters. The average molecular weight is 546 g/mol. The highest BCUT2D eigenvalue weighted by molar-refractivity contribution is 9.10. The first-order valence-electron chi connectivity index (χ1n) is 11.5. The SMILES string of the molecule is Cc1nn(-c2ccc(Br)cc2)c(C)c1C(NC(=O)OCC1c2ccccc2-c2ccccc21)C(=O)O. The molecular formula is C28H24BrN3O4. The Morgan fingerprint density at radius 3 is 2.17 bits per heavy atom. The number of nitrogens with one attached hydrogen (secondary N) is 1. The number of hydrogen-bond donors (Lipinski definition) is 2. The number of amides is 1. The van der Waals surface area contributed by atoms with E-state index in [1.807, 2.05) is 60.7 Å². The third-order valence-electron chi connectivity index (χ3n) is 6.56. The van der Waals surface area contributed by atoms with Gasteiger partial charge in [-0.1, -0.05) is 64.5 Å². The predicted octanol–water partition coefficient (Wildman–Crippen LogP) is 5.92. The fraction of sp³-hybridized carbons (Fsp3) is 0.179. The van der Waals surface area contributed by atoms with E-state index in [-0.39, 0.29) is 12.5 Å². The third kappa shape index (κ3) is 4.28. The number of halogens is 1. The van der Waals surface area contributed by atoms with Crippen molar-refractivity contribution in [2.75, 3.05) is 6.61 Å². The maximum Gasteiger partial charge on any atom is 0.408 e. The molecule has 0 saturated heterocycles. The Morgan fingerprint density at radius 2 is 1.58 bits per heavy atom. The lowest BCUT2D eigenvalue weighted by molar-refractivity contribution is -0.139. The monoisotopic (exact) mass is 545 g/mol. The molecule has 1 aliphatic rings. The number of carboxylic acid groups (broad SMARTS) is 1. The van der Waals surface area contributed by atoms with Crippen LogP contribution < -0.4 is 5.32 Å². The molecule has 1 aliphatic carbocycles. The summed E-state index contributed by atoms with van der Waals surface area (Å²) < 4.78 is 8.18. The van der Waals surface area contributed by atoms with E-state index in [4.69, 9.17) is 4.74 Å². The fourth-order valence-corrected chi connectivity index (χ4v) is 5.19. The quantitative estimate of drug-likeness (QED) is 0.314. The van der Waals surface area contributed by atoms with Crippen LogP contribution in [-0.2, 0) is 9.53 Å². The molecule has 0 spiro atoms. The molecule has 2 N–H and O–H groups in total. The zero-order valence-electron chi connectivity index (χ0n) is 19.7. The molecule has 4 aromatic rings. The van der Waals surface area contributed by atoms with Gasteiger partial charge in [0.15, 0.2) is 6.04 Å². The van der Waals surface area contributed by atoms with Gasteiger partial charge in [0.25, 0.3) is 0 Å². The van der Waals surface area contributed by atoms with Crippen LogP contribution in [0.5, 0.6) is 0 Å². The standard InChI is InChI=1S/C28H24BrN3O4/c1-16-25(17(2)32(31-16)19-13-11-18(29)12-14-19)26(27(33)34)30-28(35)36-15-24-22-9-5-3-7-20(22)21-8-4-6-10-23(21)24/h3-14,24,26H,15H2,1-2H3,(H,30,35)(H,33,34). The van der Waals surface area contributed by atoms with Crippen LogP contribution in [0.15, 0.2) is 77.3 Å². The number of nitrogens with zero attached hydrogens (tertiary/aromatic N) is 2. The van der Waals surface area contributed by atoms with Crippen molar-refractivity contribution in [3.63, 3.8) is 0 Å². The molecule has 0 radical (unpaired) electrons. The highest BCUT2D eigenvalue weighted by atomic mass is 79.9. The van der Waals surface area contributed by atoms with E-state index in [1.165, 1.54) is 0 Å². The molecule has 1 atom stereocenters. The van der Waals surface area contributed by atoms with Gasteiger partial charge >= 0.3 is 12.1 Å². The summed E-state index contributed by atoms with van der Waals surface area (Å²) >= 11 is 3.41. The van der Waals surface area contributed by atoms with Crippen LogP contribution in [0.2, 0.25) is 0 Å². The second kappa shape index (κ2) is 9.62. The molecule has 36 heavy (non-hydrogen) atoms. The Morgan fingerprint density at radius 1 is 1.00 bits per heavy atom. The zero-order chi connectivity index (χ0) is 25.4. The topological polar surface area (TPSA) is 93.5 Å². The maximum absolute atomic E-state index is 12.8. The minimum atomic E-state index is -1.30. The van der Waals surface area contributed by atoms with Gasteiger partial charge in [0.1, 0.15) is 6.61 Å². The van der Waals surface area contributed by atoms with Gasteiger partial charge in [-0.15, -0.1) is 0 Å². The number of carbonyl (C=O) groups excluding carboxylic acids is 1. The molecule has 0 saturated carbocycles. The lowest BCUT2D eigenvalue weighted by Crippen LogP contribution is -2.35. The van der Waals surface area contributed by atoms with Crippen LogP contribution in [0.4, 0.5) is 4.79 Å². The first-order chi connectivity index (χ1) is 17.3. The number of alkyl carbamates (subject to hydrolysis) is 1. The van der Waals surface area contributed by atoms with Gasteiger partial charge in [-0.25, -0.2) is 14.3 Å². The van der Waals surface area contributed by atoms with Crippen molar-refractivity contribution < 1.29 is 19.4 Å². The number of fused-ring (bicyclic) bond motifs is 3. The number of rotatable bonds is 6. The van der Waals surface area contributed by atoms with Gasteiger partial charge in [-0.3, -0.25) is 0 Å². The Bertz CT molecular complexity index is 1420. The molecule has 0 aliphatic heterocycles. The minimum absolute atomic E-state index is 0.0995. The highest BCUT2D eigenvalue weighted by Crippen LogP contribution is 2.44. The molecule has 0 bridgehead atoms. The number of carbonyl (C=O) groups is 2. The lowest BCUT2D eigenvalue weighted by atomic mass is 9.98. The van der Waals surface area contributed by atoms with Crippen molar-refractivity contribution in [1.29, 1.82) is 0 Å². The summed E-state index contributed by atoms with van der Waals surface area (Å²) in [6, 6.07) is 22.3. The molecule has 0 fully saturated rings. The summed E-state index contributed by atoms with van der Waals surface area (Å²) in [6.07, 6.45) is -0.792. The molecule has 7 nitrogen and oxygen atoms in total. The number of benzene rings is 3. The molecule has 3 aromatic carbocycles. The summed E-state index contributed by atoms with van der Waals surface area (Å²) in [5, 5.41) is 17.0. The van der Waals surface area contributed by atoms with E-state index in [0.29, 0.717) is 17.0 Å². The Labute approximate surface area is 216 Å². The van der Waals surface area contributed by atoms with Crippen molar-refractivity contribution in [1.82, 2.24) is 15.1 Å². The highest BCUT2D eigenvalue weighted by Gasteiger charge is 2.32. The van der Waals surface area contributed by atoms with E-state index in [2.05, 4.69) is 38.5 Å². The molecule has 1 amide bonds. The van der Waals surface area contributed by atoms with E-state index >= 15 is 0 Å². The Balaban J connectivity index is 1.35. The van der Waals surface area contributed by atoms with E-state index < -0.39 is 18.1 Å². The summed E-state index contributed by atoms with van der Waals surface area (Å²) in [6.45, 7) is 3.61. The summed E-state index contributed by atoms with van der Waals surface area (Å²) in [4.78, 5) is 25.0. The van der Waals surface area contributed by atoms with Gasteiger partial charge in [0, 0.05) is 21.6 Å². The van der Waals surface area contributed by atoms with Gasteiger partial charge in [0.05, 0.1) is 11.4 Å². The van der Waals surface area contributed by atoms with Crippen LogP contribution in [0, 0.1) is 13.8 Å². The van der Waals surface area contributed by atoms with Gasteiger partial charge in [0.2, 0.25) is 0 Å². The molecule has 1 heterocycles. The number of carboxylic acids is 1. The predicted molar refractivity (Wildman–Crippen MR) is 139 cm³/mol. The van der Waals surface area contributed by atoms with Gasteiger partial charge < -0.3 is 15.2 Å². The van der Waals surface area contributed by atoms with E-state index in [0.717, 1.165) is 32.4 Å². The maximum atomic E-state index is 12.8. The van der Waals surface area contributed by atoms with Crippen molar-refractivity contribution in [2.24, 2.45) is 0 Å². The van der Waals surface area contributed by atoms with Crippen LogP contribution in [0.1, 0.15) is 40.0 Å². The second-order valence-electron chi connectivity index (χ2n) is 8.71. The van der Waals surface area contributed by atoms with Crippen molar-refractivity contribution in [3.8, 4) is 16.8 Å². The first-order valence-corrected chi connectivity index (χ1v) is 12.3. The largest absolute Gasteiger partial charge is 0.479 e. The fourth-order valence-electron chi connectivity index (χ4n) is 4.92. The van der Waals surface area contributed by atoms with Crippen molar-refractivity contribution in [3.05, 3.63) is 105 Å². The Kier molecular flexibility index (Phi) is 6.36. The summed E-state index contributed by atoms with van der Waals surface area (Å²) in [5.74, 6) is -1.31. The van der Waals surface area contributed by atoms with Crippen LogP contribution in [0.25, 0.3) is 16.8 Å². The molecule has 5 rings (SSSR count). The summed E-state index contributed by atoms with van der Waals surface area (Å²) in [5.41, 5.74) is 6.78. The van der Waals surface area contributed by atoms with Crippen LogP contribution in [-0.4, -0.2) is 33.6 Å². The molecule has 182 valence electrons. The van der Waals surface area contributed by atoms with Crippen LogP contribution >= 0.6 is 15.9 Å². The first kappa shape index (κ1) is 23.8. The summed E-state index contributed by atoms with van der Waals surface area (Å²) in [7, 11) is 0. The van der Waals surface area contributed by atoms with Crippen LogP contribution in [0.3, 0.4) is 0 Å². The number of aliphatic carboxylic acids is 1. The lowest BCUT2D eigenvalue weighted by Gasteiger charge is -2.18. The molecule has 8 heteroatoms. The van der Waals surface area contributed by atoms with Crippen molar-refractivity contribution in [2.45, 2.75) is 25.8 Å². The average Bonchev–Trinajstić information content (AvgIpc) is 3.35. The van der Waals surface area contributed by atoms with Gasteiger partial charge in [-0.2, -0.15) is 5.10 Å². The zero-order valence-corrected chi connectivity index (χ0v) is 21.3.